The largest absolute Gasteiger partial charge is 0.492 e. The molecule has 3 unspecified atom stereocenters. The summed E-state index contributed by atoms with van der Waals surface area (Å²) >= 11 is 0. The van der Waals surface area contributed by atoms with E-state index in [0.29, 0.717) is 30.7 Å². The fourth-order valence-corrected chi connectivity index (χ4v) is 7.56. The molecule has 0 spiro atoms. The Bertz CT molecular complexity index is 1800. The van der Waals surface area contributed by atoms with Crippen molar-refractivity contribution in [1.82, 2.24) is 9.88 Å². The number of esters is 1. The lowest BCUT2D eigenvalue weighted by Gasteiger charge is -2.35. The molecular formula is C30H37FN4O11P2. The van der Waals surface area contributed by atoms with Gasteiger partial charge < -0.3 is 48.6 Å². The number of rotatable bonds is 11. The van der Waals surface area contributed by atoms with Gasteiger partial charge in [-0.3, -0.25) is 14.7 Å². The van der Waals surface area contributed by atoms with Gasteiger partial charge in [-0.2, -0.15) is 0 Å². The van der Waals surface area contributed by atoms with Crippen LogP contribution in [0.3, 0.4) is 0 Å². The van der Waals surface area contributed by atoms with Gasteiger partial charge in [-0.05, 0) is 49.9 Å². The Kier molecular flexibility index (Phi) is 10.8. The van der Waals surface area contributed by atoms with Crippen molar-refractivity contribution < 1.29 is 52.3 Å². The molecule has 3 aromatic rings. The minimum absolute atomic E-state index is 0.0444. The lowest BCUT2D eigenvalue weighted by molar-refractivity contribution is -0.0564. The number of methoxy groups -OCH3 is 1. The van der Waals surface area contributed by atoms with Crippen LogP contribution in [0.2, 0.25) is 0 Å². The zero-order valence-corrected chi connectivity index (χ0v) is 28.1. The number of hydrogen-bond acceptors (Lipinski definition) is 11. The van der Waals surface area contributed by atoms with Gasteiger partial charge in [0.1, 0.15) is 16.7 Å². The number of piperazine rings is 1. The number of pyridine rings is 1. The highest BCUT2D eigenvalue weighted by Crippen LogP contribution is 2.56. The second kappa shape index (κ2) is 14.5. The van der Waals surface area contributed by atoms with E-state index in [1.807, 2.05) is 11.8 Å². The second-order valence-electron chi connectivity index (χ2n) is 11.7. The van der Waals surface area contributed by atoms with Gasteiger partial charge in [-0.1, -0.05) is 12.1 Å². The van der Waals surface area contributed by atoms with E-state index in [9.17, 15) is 38.5 Å². The lowest BCUT2D eigenvalue weighted by Crippen LogP contribution is -2.49. The molecule has 5 rings (SSSR count). The molecule has 48 heavy (non-hydrogen) atoms. The molecule has 0 radical (unpaired) electrons. The van der Waals surface area contributed by atoms with Crippen LogP contribution in [0.25, 0.3) is 10.9 Å². The van der Waals surface area contributed by atoms with E-state index in [0.717, 1.165) is 18.9 Å². The number of hydrogen-bond donors (Lipinski definition) is 6. The Labute approximate surface area is 275 Å². The Balaban J connectivity index is 1.31. The summed E-state index contributed by atoms with van der Waals surface area (Å²) < 4.78 is 45.1. The van der Waals surface area contributed by atoms with Crippen molar-refractivity contribution in [3.8, 4) is 5.75 Å². The van der Waals surface area contributed by atoms with Crippen LogP contribution in [-0.2, 0) is 20.5 Å². The monoisotopic (exact) mass is 710 g/mol. The highest BCUT2D eigenvalue weighted by atomic mass is 31.2. The van der Waals surface area contributed by atoms with Gasteiger partial charge >= 0.3 is 19.7 Å². The lowest BCUT2D eigenvalue weighted by atomic mass is 10.1. The second-order valence-corrected chi connectivity index (χ2v) is 15.2. The first-order chi connectivity index (χ1) is 22.7. The molecule has 260 valence electrons. The van der Waals surface area contributed by atoms with Crippen LogP contribution < -0.4 is 25.7 Å². The molecule has 1 aromatic heterocycles. The molecular weight excluding hydrogens is 673 g/mol. The van der Waals surface area contributed by atoms with Crippen LogP contribution in [-0.4, -0.2) is 80.7 Å². The van der Waals surface area contributed by atoms with E-state index in [2.05, 4.69) is 10.6 Å². The molecule has 1 aliphatic carbocycles. The molecule has 1 saturated heterocycles. The SMILES string of the molecule is COc1c(N2CCNC(C)C2)c(F)cc2c(=O)c(C(=O)OC(C)OC(=O)Nc3ccc(CC(P(O)O)P(=O)(O)O)cc3)cn(C3CC3)c12. The van der Waals surface area contributed by atoms with Crippen molar-refractivity contribution in [2.24, 2.45) is 0 Å². The number of fused-ring (bicyclic) bond motifs is 1. The van der Waals surface area contributed by atoms with Crippen molar-refractivity contribution in [2.45, 2.75) is 56.9 Å². The highest BCUT2D eigenvalue weighted by molar-refractivity contribution is 7.68. The molecule has 2 fully saturated rings. The maximum absolute atomic E-state index is 15.7. The van der Waals surface area contributed by atoms with E-state index >= 15 is 4.39 Å². The predicted octanol–water partition coefficient (Wildman–Crippen LogP) is 3.38. The molecule has 1 saturated carbocycles. The molecule has 1 amide bonds. The van der Waals surface area contributed by atoms with Crippen LogP contribution in [0.1, 0.15) is 48.7 Å². The normalized spacial score (nSPS) is 18.0. The molecule has 0 bridgehead atoms. The van der Waals surface area contributed by atoms with Gasteiger partial charge in [0.2, 0.25) is 11.7 Å². The van der Waals surface area contributed by atoms with Gasteiger partial charge in [-0.25, -0.2) is 14.0 Å². The smallest absolute Gasteiger partial charge is 0.414 e. The first kappa shape index (κ1) is 35.7. The summed E-state index contributed by atoms with van der Waals surface area (Å²) in [7, 11) is -6.25. The first-order valence-electron chi connectivity index (χ1n) is 15.1. The first-order valence-corrected chi connectivity index (χ1v) is 18.1. The third-order valence-electron chi connectivity index (χ3n) is 8.07. The summed E-state index contributed by atoms with van der Waals surface area (Å²) in [6.45, 7) is 4.98. The van der Waals surface area contributed by atoms with E-state index in [-0.39, 0.29) is 46.6 Å². The number of nitrogens with one attached hydrogen (secondary N) is 2. The maximum atomic E-state index is 15.7. The zero-order valence-electron chi connectivity index (χ0n) is 26.3. The van der Waals surface area contributed by atoms with E-state index < -0.39 is 51.0 Å². The van der Waals surface area contributed by atoms with E-state index in [4.69, 9.17) is 14.2 Å². The van der Waals surface area contributed by atoms with Gasteiger partial charge in [0.05, 0.1) is 18.0 Å². The molecule has 2 aromatic carbocycles. The summed E-state index contributed by atoms with van der Waals surface area (Å²) in [5, 5.41) is 4.02. The summed E-state index contributed by atoms with van der Waals surface area (Å²) in [5.41, 5.74) is 0.0907. The molecule has 1 aliphatic heterocycles. The van der Waals surface area contributed by atoms with Crippen molar-refractivity contribution >= 4 is 50.3 Å². The van der Waals surface area contributed by atoms with Crippen molar-refractivity contribution in [3.05, 3.63) is 63.7 Å². The van der Waals surface area contributed by atoms with Crippen LogP contribution in [0, 0.1) is 5.82 Å². The van der Waals surface area contributed by atoms with Crippen LogP contribution in [0.15, 0.2) is 41.3 Å². The quantitative estimate of drug-likeness (QED) is 0.0960. The van der Waals surface area contributed by atoms with Crippen molar-refractivity contribution in [1.29, 1.82) is 0 Å². The van der Waals surface area contributed by atoms with Crippen LogP contribution >= 0.6 is 16.0 Å². The number of nitrogens with zero attached hydrogens (tertiary/aromatic N) is 2. The number of halogens is 1. The number of carbonyl (C=O) groups excluding carboxylic acids is 2. The Morgan fingerprint density at radius 2 is 1.88 bits per heavy atom. The molecule has 2 aliphatic rings. The molecule has 15 nitrogen and oxygen atoms in total. The fraction of sp³-hybridized carbons (Fsp3) is 0.433. The highest BCUT2D eigenvalue weighted by Gasteiger charge is 2.36. The number of anilines is 2. The number of amides is 1. The number of carbonyl (C=O) groups is 2. The molecule has 18 heteroatoms. The van der Waals surface area contributed by atoms with Crippen molar-refractivity contribution in [3.63, 3.8) is 0 Å². The standard InChI is InChI=1S/C30H37FN4O11P2/c1-16-14-34(11-10-32-16)26-23(31)13-21-25(28(26)44-3)35(20-8-9-20)15-22(27(21)36)29(37)45-17(2)46-30(38)33-19-6-4-18(5-7-19)12-24(47(39)40)48(41,42)43/h4-7,13,15-17,20,24,32,39-40H,8-12,14H2,1-3H3,(H,33,38)(H2,41,42,43). The summed E-state index contributed by atoms with van der Waals surface area (Å²) in [5.74, 6) is -1.53. The van der Waals surface area contributed by atoms with Crippen LogP contribution in [0.5, 0.6) is 5.75 Å². The van der Waals surface area contributed by atoms with E-state index in [1.165, 1.54) is 44.5 Å². The van der Waals surface area contributed by atoms with Gasteiger partial charge in [0, 0.05) is 50.5 Å². The molecule has 6 N–H and O–H groups in total. The van der Waals surface area contributed by atoms with E-state index in [1.54, 1.807) is 4.57 Å². The summed E-state index contributed by atoms with van der Waals surface area (Å²) in [4.78, 5) is 78.6. The topological polar surface area (TPSA) is 209 Å². The zero-order chi connectivity index (χ0) is 34.9. The van der Waals surface area contributed by atoms with Crippen LogP contribution in [0.4, 0.5) is 20.6 Å². The minimum atomic E-state index is -4.77. The Hall–Kier alpha value is -3.62. The fourth-order valence-electron chi connectivity index (χ4n) is 5.66. The summed E-state index contributed by atoms with van der Waals surface area (Å²) in [6.07, 6.45) is 0.165. The average molecular weight is 711 g/mol. The average Bonchev–Trinajstić information content (AvgIpc) is 3.85. The van der Waals surface area contributed by atoms with Crippen molar-refractivity contribution in [2.75, 3.05) is 37.0 Å². The minimum Gasteiger partial charge on any atom is -0.492 e. The predicted molar refractivity (Wildman–Crippen MR) is 175 cm³/mol. The number of aromatic nitrogens is 1. The Morgan fingerprint density at radius 1 is 1.19 bits per heavy atom. The third-order valence-corrected chi connectivity index (χ3v) is 11.3. The number of benzene rings is 2. The van der Waals surface area contributed by atoms with Gasteiger partial charge in [0.15, 0.2) is 19.9 Å². The molecule has 3 atom stereocenters. The third kappa shape index (κ3) is 7.98. The molecule has 2 heterocycles. The number of ether oxygens (including phenoxy) is 3. The van der Waals surface area contributed by atoms with Gasteiger partial charge in [-0.15, -0.1) is 0 Å². The van der Waals surface area contributed by atoms with Gasteiger partial charge in [0.25, 0.3) is 0 Å². The maximum Gasteiger partial charge on any atom is 0.414 e. The summed E-state index contributed by atoms with van der Waals surface area (Å²) in [6, 6.07) is 6.84. The Morgan fingerprint density at radius 3 is 2.46 bits per heavy atom.